The van der Waals surface area contributed by atoms with Crippen LogP contribution in [0.5, 0.6) is 0 Å². The van der Waals surface area contributed by atoms with E-state index in [1.54, 1.807) is 0 Å². The molecule has 43 heavy (non-hydrogen) atoms. The number of halogens is 4. The van der Waals surface area contributed by atoms with Crippen molar-refractivity contribution >= 4 is 40.6 Å². The molecule has 0 radical (unpaired) electrons. The Labute approximate surface area is 246 Å². The van der Waals surface area contributed by atoms with Crippen molar-refractivity contribution in [2.45, 2.75) is 43.9 Å². The van der Waals surface area contributed by atoms with Crippen LogP contribution in [0.15, 0.2) is 47.4 Å². The van der Waals surface area contributed by atoms with Gasteiger partial charge in [-0.3, -0.25) is 9.52 Å². The van der Waals surface area contributed by atoms with E-state index in [1.165, 1.54) is 13.1 Å². The van der Waals surface area contributed by atoms with Crippen LogP contribution in [0, 0.1) is 23.3 Å². The monoisotopic (exact) mass is 638 g/mol. The number of aromatic nitrogens is 2. The third kappa shape index (κ3) is 6.90. The van der Waals surface area contributed by atoms with Gasteiger partial charge in [0.25, 0.3) is 15.9 Å². The van der Waals surface area contributed by atoms with Crippen molar-refractivity contribution in [3.05, 3.63) is 77.0 Å². The lowest BCUT2D eigenvalue weighted by Crippen LogP contribution is -2.22. The second-order valence-corrected chi connectivity index (χ2v) is 18.2. The molecule has 0 aliphatic carbocycles. The lowest BCUT2D eigenvalue weighted by Gasteiger charge is -2.16. The van der Waals surface area contributed by atoms with Crippen LogP contribution >= 0.6 is 0 Å². The Morgan fingerprint density at radius 1 is 1.05 bits per heavy atom. The minimum atomic E-state index is -4.62. The molecule has 0 spiro atoms. The number of fused-ring (bicyclic) bond motifs is 1. The Morgan fingerprint density at radius 2 is 1.77 bits per heavy atom. The van der Waals surface area contributed by atoms with E-state index < -0.39 is 75.6 Å². The highest BCUT2D eigenvalue weighted by molar-refractivity contribution is 7.92. The van der Waals surface area contributed by atoms with Crippen LogP contribution in [-0.4, -0.2) is 50.9 Å². The molecule has 4 rings (SSSR count). The summed E-state index contributed by atoms with van der Waals surface area (Å²) in [5, 5.41) is 15.9. The van der Waals surface area contributed by atoms with E-state index in [9.17, 15) is 22.7 Å². The number of anilines is 1. The average molecular weight is 639 g/mol. The van der Waals surface area contributed by atoms with Crippen LogP contribution in [0.2, 0.25) is 25.7 Å². The van der Waals surface area contributed by atoms with E-state index in [4.69, 9.17) is 4.74 Å². The van der Waals surface area contributed by atoms with Crippen molar-refractivity contribution in [3.8, 4) is 11.1 Å². The number of aliphatic hydroxyl groups excluding tert-OH is 1. The SMILES string of the molecule is CNC(=O)c1nn(COCC[Si](C)(C)C)c2c(F)c(-c3c(F)ccc(NS(=O)(=O)c4cc(F)cc(CO)c4)c3F)ccc12. The van der Waals surface area contributed by atoms with E-state index in [0.29, 0.717) is 12.7 Å². The number of hydrogen-bond donors (Lipinski definition) is 3. The van der Waals surface area contributed by atoms with Gasteiger partial charge in [-0.15, -0.1) is 0 Å². The molecule has 3 aromatic carbocycles. The molecule has 4 aromatic rings. The van der Waals surface area contributed by atoms with Gasteiger partial charge in [0.2, 0.25) is 0 Å². The summed E-state index contributed by atoms with van der Waals surface area (Å²) in [6, 6.07) is 7.26. The normalized spacial score (nSPS) is 12.1. The predicted molar refractivity (Wildman–Crippen MR) is 156 cm³/mol. The molecule has 0 saturated carbocycles. The van der Waals surface area contributed by atoms with E-state index >= 15 is 13.2 Å². The summed E-state index contributed by atoms with van der Waals surface area (Å²) in [6.07, 6.45) is 0. The lowest BCUT2D eigenvalue weighted by molar-refractivity contribution is 0.0802. The summed E-state index contributed by atoms with van der Waals surface area (Å²) in [5.74, 6) is -5.33. The zero-order chi connectivity index (χ0) is 31.7. The van der Waals surface area contributed by atoms with E-state index in [-0.39, 0.29) is 28.9 Å². The number of hydrogen-bond acceptors (Lipinski definition) is 6. The van der Waals surface area contributed by atoms with Gasteiger partial charge in [-0.05, 0) is 48.0 Å². The number of benzene rings is 3. The first-order valence-corrected chi connectivity index (χ1v) is 18.3. The number of rotatable bonds is 11. The summed E-state index contributed by atoms with van der Waals surface area (Å²) < 4.78 is 95.5. The Hall–Kier alpha value is -3.79. The van der Waals surface area contributed by atoms with Crippen LogP contribution in [0.1, 0.15) is 16.1 Å². The quantitative estimate of drug-likeness (QED) is 0.118. The Balaban J connectivity index is 1.79. The summed E-state index contributed by atoms with van der Waals surface area (Å²) in [4.78, 5) is 11.8. The van der Waals surface area contributed by atoms with Crippen LogP contribution in [0.4, 0.5) is 23.2 Å². The second kappa shape index (κ2) is 12.4. The molecule has 0 aliphatic rings. The first kappa shape index (κ1) is 32.1. The number of nitrogens with one attached hydrogen (secondary N) is 2. The van der Waals surface area contributed by atoms with Gasteiger partial charge >= 0.3 is 0 Å². The van der Waals surface area contributed by atoms with Crippen molar-refractivity contribution in [2.75, 3.05) is 18.4 Å². The average Bonchev–Trinajstić information content (AvgIpc) is 3.31. The van der Waals surface area contributed by atoms with Gasteiger partial charge < -0.3 is 15.2 Å². The second-order valence-electron chi connectivity index (χ2n) is 10.9. The van der Waals surface area contributed by atoms with Crippen molar-refractivity contribution in [1.82, 2.24) is 15.1 Å². The highest BCUT2D eigenvalue weighted by Crippen LogP contribution is 2.36. The molecule has 3 N–H and O–H groups in total. The van der Waals surface area contributed by atoms with E-state index in [0.717, 1.165) is 41.1 Å². The summed E-state index contributed by atoms with van der Waals surface area (Å²) >= 11 is 0. The molecule has 0 unspecified atom stereocenters. The van der Waals surface area contributed by atoms with E-state index in [2.05, 4.69) is 30.1 Å². The third-order valence-corrected chi connectivity index (χ3v) is 9.58. The summed E-state index contributed by atoms with van der Waals surface area (Å²) in [5.41, 5.74) is -2.61. The molecule has 0 aliphatic heterocycles. The number of sulfonamides is 1. The van der Waals surface area contributed by atoms with Gasteiger partial charge in [0.1, 0.15) is 23.9 Å². The van der Waals surface area contributed by atoms with Crippen LogP contribution in [0.3, 0.4) is 0 Å². The molecule has 9 nitrogen and oxygen atoms in total. The number of ether oxygens (including phenoxy) is 1. The predicted octanol–water partition coefficient (Wildman–Crippen LogP) is 5.22. The van der Waals surface area contributed by atoms with Gasteiger partial charge in [-0.25, -0.2) is 30.7 Å². The molecule has 0 fully saturated rings. The number of nitrogens with zero attached hydrogens (tertiary/aromatic N) is 2. The topological polar surface area (TPSA) is 123 Å². The van der Waals surface area contributed by atoms with Gasteiger partial charge in [0.05, 0.1) is 22.8 Å². The first-order valence-electron chi connectivity index (χ1n) is 13.1. The first-order chi connectivity index (χ1) is 20.2. The number of amides is 1. The smallest absolute Gasteiger partial charge is 0.272 e. The van der Waals surface area contributed by atoms with Gasteiger partial charge in [-0.1, -0.05) is 25.7 Å². The lowest BCUT2D eigenvalue weighted by atomic mass is 10.0. The largest absolute Gasteiger partial charge is 0.392 e. The fourth-order valence-corrected chi connectivity index (χ4v) is 6.18. The standard InChI is InChI=1S/C28H30F4N4O5SSi/c1-33-28(38)26-20-6-5-19(24(31)27(20)36(34-26)15-41-9-10-43(2,3)4)23-21(30)7-8-22(25(23)32)35-42(39,40)18-12-16(14-37)11-17(29)13-18/h5-8,11-13,35,37H,9-10,14-15H2,1-4H3,(H,33,38). The van der Waals surface area contributed by atoms with Crippen molar-refractivity contribution < 1.29 is 40.6 Å². The molecule has 0 bridgehead atoms. The molecule has 0 saturated heterocycles. The van der Waals surface area contributed by atoms with E-state index in [1.807, 2.05) is 4.72 Å². The summed E-state index contributed by atoms with van der Waals surface area (Å²) in [7, 11) is -4.70. The molecule has 1 amide bonds. The number of aliphatic hydroxyl groups is 1. The third-order valence-electron chi connectivity index (χ3n) is 6.53. The molecule has 15 heteroatoms. The van der Waals surface area contributed by atoms with Crippen LogP contribution in [-0.2, 0) is 28.1 Å². The number of carbonyl (C=O) groups is 1. The zero-order valence-corrected chi connectivity index (χ0v) is 25.6. The van der Waals surface area contributed by atoms with Crippen molar-refractivity contribution in [2.24, 2.45) is 0 Å². The number of carbonyl (C=O) groups excluding carboxylic acids is 1. The molecule has 1 aromatic heterocycles. The van der Waals surface area contributed by atoms with Crippen molar-refractivity contribution in [3.63, 3.8) is 0 Å². The maximum atomic E-state index is 16.1. The molecule has 1 heterocycles. The fourth-order valence-electron chi connectivity index (χ4n) is 4.28. The Bertz CT molecular complexity index is 1810. The van der Waals surface area contributed by atoms with Gasteiger partial charge in [0, 0.05) is 32.7 Å². The molecule has 0 atom stereocenters. The van der Waals surface area contributed by atoms with Crippen LogP contribution in [0.25, 0.3) is 22.0 Å². The van der Waals surface area contributed by atoms with Gasteiger partial charge in [-0.2, -0.15) is 5.10 Å². The fraction of sp³-hybridized carbons (Fsp3) is 0.286. The minimum Gasteiger partial charge on any atom is -0.392 e. The maximum Gasteiger partial charge on any atom is 0.272 e. The maximum absolute atomic E-state index is 16.1. The minimum absolute atomic E-state index is 0.0480. The Kier molecular flexibility index (Phi) is 9.29. The Morgan fingerprint density at radius 3 is 2.42 bits per heavy atom. The highest BCUT2D eigenvalue weighted by atomic mass is 32.2. The molecular weight excluding hydrogens is 608 g/mol. The van der Waals surface area contributed by atoms with Crippen molar-refractivity contribution in [1.29, 1.82) is 0 Å². The van der Waals surface area contributed by atoms with Crippen LogP contribution < -0.4 is 10.0 Å². The summed E-state index contributed by atoms with van der Waals surface area (Å²) in [6.45, 7) is 5.90. The zero-order valence-electron chi connectivity index (χ0n) is 23.8. The highest BCUT2D eigenvalue weighted by Gasteiger charge is 2.27. The molecule has 230 valence electrons. The molecular formula is C28H30F4N4O5SSi. The van der Waals surface area contributed by atoms with Gasteiger partial charge in [0.15, 0.2) is 17.3 Å².